The first-order valence-electron chi connectivity index (χ1n) is 21.7. The van der Waals surface area contributed by atoms with Crippen LogP contribution in [-0.4, -0.2) is 28.7 Å². The number of fused-ring (bicyclic) bond motifs is 12. The Bertz CT molecular complexity index is 3970. The average molecular weight is 830 g/mol. The van der Waals surface area contributed by atoms with Gasteiger partial charge in [-0.3, -0.25) is 0 Å². The Labute approximate surface area is 373 Å². The van der Waals surface area contributed by atoms with Crippen LogP contribution in [0.3, 0.4) is 0 Å². The molecular weight excluding hydrogens is 795 g/mol. The van der Waals surface area contributed by atoms with Crippen LogP contribution < -0.4 is 0 Å². The molecule has 9 aromatic carbocycles. The predicted octanol–water partition coefficient (Wildman–Crippen LogP) is 14.0. The van der Waals surface area contributed by atoms with Crippen LogP contribution in [0.2, 0.25) is 0 Å². The van der Waals surface area contributed by atoms with E-state index in [4.69, 9.17) is 15.0 Å². The summed E-state index contributed by atoms with van der Waals surface area (Å²) in [6.45, 7) is 0. The van der Waals surface area contributed by atoms with Gasteiger partial charge in [-0.2, -0.15) is 5.26 Å². The van der Waals surface area contributed by atoms with Crippen molar-refractivity contribution in [2.24, 2.45) is 0 Å². The maximum atomic E-state index is 9.83. The Hall–Kier alpha value is -9.12. The Morgan fingerprint density at radius 3 is 1.00 bits per heavy atom. The van der Waals surface area contributed by atoms with Crippen molar-refractivity contribution < 1.29 is 0 Å². The van der Waals surface area contributed by atoms with Gasteiger partial charge < -0.3 is 13.7 Å². The Balaban J connectivity index is 1.16. The van der Waals surface area contributed by atoms with Gasteiger partial charge in [0.05, 0.1) is 44.7 Å². The van der Waals surface area contributed by atoms with Gasteiger partial charge in [0.2, 0.25) is 0 Å². The summed E-state index contributed by atoms with van der Waals surface area (Å²) >= 11 is 0. The molecule has 302 valence electrons. The van der Waals surface area contributed by atoms with Crippen molar-refractivity contribution in [2.45, 2.75) is 0 Å². The first kappa shape index (κ1) is 36.5. The monoisotopic (exact) mass is 829 g/mol. The second kappa shape index (κ2) is 14.5. The molecule has 0 fully saturated rings. The van der Waals surface area contributed by atoms with Crippen LogP contribution in [0.4, 0.5) is 0 Å². The lowest BCUT2D eigenvalue weighted by Crippen LogP contribution is -2.00. The topological polar surface area (TPSA) is 77.2 Å². The molecule has 13 aromatic rings. The maximum Gasteiger partial charge on any atom is 0.164 e. The van der Waals surface area contributed by atoms with Gasteiger partial charge in [-0.05, 0) is 78.9 Å². The minimum Gasteiger partial charge on any atom is -0.308 e. The second-order valence-electron chi connectivity index (χ2n) is 16.3. The molecule has 0 saturated carbocycles. The molecule has 0 spiro atoms. The molecule has 0 N–H and O–H groups in total. The Morgan fingerprint density at radius 2 is 0.615 bits per heavy atom. The molecule has 7 nitrogen and oxygen atoms in total. The number of aromatic nitrogens is 6. The quantitative estimate of drug-likeness (QED) is 0.167. The number of hydrogen-bond acceptors (Lipinski definition) is 4. The predicted molar refractivity (Wildman–Crippen MR) is 264 cm³/mol. The van der Waals surface area contributed by atoms with E-state index in [0.29, 0.717) is 23.0 Å². The highest BCUT2D eigenvalue weighted by molar-refractivity contribution is 6.40. The number of nitriles is 1. The maximum absolute atomic E-state index is 9.83. The highest BCUT2D eigenvalue weighted by atomic mass is 15.1. The van der Waals surface area contributed by atoms with Crippen molar-refractivity contribution >= 4 is 65.4 Å². The normalized spacial score (nSPS) is 11.7. The van der Waals surface area contributed by atoms with Crippen molar-refractivity contribution in [2.75, 3.05) is 0 Å². The minimum absolute atomic E-state index is 0.605. The zero-order chi connectivity index (χ0) is 43.0. The van der Waals surface area contributed by atoms with Crippen LogP contribution in [-0.2, 0) is 0 Å². The zero-order valence-electron chi connectivity index (χ0n) is 34.8. The fraction of sp³-hybridized carbons (Fsp3) is 0. The Kier molecular flexibility index (Phi) is 8.14. The smallest absolute Gasteiger partial charge is 0.164 e. The number of hydrogen-bond donors (Lipinski definition) is 0. The van der Waals surface area contributed by atoms with Gasteiger partial charge in [0.15, 0.2) is 17.5 Å². The minimum atomic E-state index is 0.605. The van der Waals surface area contributed by atoms with E-state index in [2.05, 4.69) is 159 Å². The standard InChI is InChI=1S/C58H35N7/c59-36-37-28-32-42(33-29-37)64-48-26-14-11-23-45(48)51-53-50(44-22-10-13-25-47(44)63(53)41-20-8-3-9-21-41)55-52(54(51)64)46-24-12-15-27-49(46)65(55)43-34-30-40(31-35-43)58-61-56(38-16-4-1-5-17-38)60-57(62-58)39-18-6-2-7-19-39/h1-35H. The summed E-state index contributed by atoms with van der Waals surface area (Å²) in [5.41, 5.74) is 13.1. The first-order valence-corrected chi connectivity index (χ1v) is 21.7. The number of para-hydroxylation sites is 4. The third kappa shape index (κ3) is 5.58. The fourth-order valence-electron chi connectivity index (χ4n) is 9.91. The van der Waals surface area contributed by atoms with E-state index in [1.54, 1.807) is 0 Å². The molecule has 0 aliphatic carbocycles. The van der Waals surface area contributed by atoms with Crippen LogP contribution in [0.5, 0.6) is 0 Å². The average Bonchev–Trinajstić information content (AvgIpc) is 4.03. The lowest BCUT2D eigenvalue weighted by Gasteiger charge is -2.14. The van der Waals surface area contributed by atoms with Crippen molar-refractivity contribution in [1.82, 2.24) is 28.7 Å². The first-order chi connectivity index (χ1) is 32.2. The third-order valence-electron chi connectivity index (χ3n) is 12.7. The van der Waals surface area contributed by atoms with Crippen LogP contribution >= 0.6 is 0 Å². The van der Waals surface area contributed by atoms with Crippen LogP contribution in [0.1, 0.15) is 5.56 Å². The van der Waals surface area contributed by atoms with E-state index < -0.39 is 0 Å². The molecule has 0 saturated heterocycles. The number of nitrogens with zero attached hydrogens (tertiary/aromatic N) is 7. The molecule has 0 amide bonds. The van der Waals surface area contributed by atoms with E-state index in [1.807, 2.05) is 72.8 Å². The molecule has 0 bridgehead atoms. The van der Waals surface area contributed by atoms with Gasteiger partial charge in [0.1, 0.15) is 0 Å². The molecule has 0 unspecified atom stereocenters. The summed E-state index contributed by atoms with van der Waals surface area (Å²) in [4.78, 5) is 15.0. The van der Waals surface area contributed by atoms with Gasteiger partial charge in [-0.1, -0.05) is 133 Å². The van der Waals surface area contributed by atoms with E-state index in [0.717, 1.165) is 83.0 Å². The highest BCUT2D eigenvalue weighted by Gasteiger charge is 2.28. The molecular formula is C58H35N7. The molecule has 0 aliphatic heterocycles. The van der Waals surface area contributed by atoms with Gasteiger partial charge in [0, 0.05) is 66.1 Å². The number of benzene rings is 9. The third-order valence-corrected chi connectivity index (χ3v) is 12.7. The Morgan fingerprint density at radius 1 is 0.308 bits per heavy atom. The number of rotatable bonds is 6. The van der Waals surface area contributed by atoms with E-state index in [-0.39, 0.29) is 0 Å². The fourth-order valence-corrected chi connectivity index (χ4v) is 9.91. The second-order valence-corrected chi connectivity index (χ2v) is 16.3. The van der Waals surface area contributed by atoms with Crippen LogP contribution in [0.15, 0.2) is 212 Å². The van der Waals surface area contributed by atoms with Crippen molar-refractivity contribution in [3.63, 3.8) is 0 Å². The highest BCUT2D eigenvalue weighted by Crippen LogP contribution is 2.50. The summed E-state index contributed by atoms with van der Waals surface area (Å²) in [6.07, 6.45) is 0. The van der Waals surface area contributed by atoms with E-state index in [9.17, 15) is 5.26 Å². The van der Waals surface area contributed by atoms with Gasteiger partial charge >= 0.3 is 0 Å². The molecule has 0 atom stereocenters. The summed E-state index contributed by atoms with van der Waals surface area (Å²) in [5.74, 6) is 1.85. The molecule has 4 heterocycles. The van der Waals surface area contributed by atoms with E-state index >= 15 is 0 Å². The van der Waals surface area contributed by atoms with Crippen molar-refractivity contribution in [3.8, 4) is 57.3 Å². The summed E-state index contributed by atoms with van der Waals surface area (Å²) < 4.78 is 7.29. The van der Waals surface area contributed by atoms with Crippen molar-refractivity contribution in [3.05, 3.63) is 218 Å². The van der Waals surface area contributed by atoms with Gasteiger partial charge in [-0.15, -0.1) is 0 Å². The molecule has 0 aliphatic rings. The summed E-state index contributed by atoms with van der Waals surface area (Å²) in [7, 11) is 0. The summed E-state index contributed by atoms with van der Waals surface area (Å²) in [5, 5.41) is 16.8. The van der Waals surface area contributed by atoms with Crippen molar-refractivity contribution in [1.29, 1.82) is 5.26 Å². The van der Waals surface area contributed by atoms with Gasteiger partial charge in [0.25, 0.3) is 0 Å². The molecule has 7 heteroatoms. The molecule has 4 aromatic heterocycles. The van der Waals surface area contributed by atoms with Gasteiger partial charge in [-0.25, -0.2) is 15.0 Å². The summed E-state index contributed by atoms with van der Waals surface area (Å²) in [6, 6.07) is 76.1. The molecule has 13 rings (SSSR count). The largest absolute Gasteiger partial charge is 0.308 e. The molecule has 65 heavy (non-hydrogen) atoms. The lowest BCUT2D eigenvalue weighted by molar-refractivity contribution is 1.07. The van der Waals surface area contributed by atoms with Crippen LogP contribution in [0, 0.1) is 11.3 Å². The van der Waals surface area contributed by atoms with E-state index in [1.165, 1.54) is 16.2 Å². The zero-order valence-corrected chi connectivity index (χ0v) is 34.8. The molecule has 0 radical (unpaired) electrons. The lowest BCUT2D eigenvalue weighted by atomic mass is 10.0. The van der Waals surface area contributed by atoms with Crippen LogP contribution in [0.25, 0.3) is 117 Å². The SMILES string of the molecule is N#Cc1ccc(-n2c3ccccc3c3c4c(c5ccccc5n4-c4ccccc4)c4c(c5ccccc5n4-c4ccc(-c5nc(-c6ccccc6)nc(-c6ccccc6)n5)cc4)c32)cc1.